The molecule has 5 nitrogen and oxygen atoms in total. The third-order valence-corrected chi connectivity index (χ3v) is 5.22. The maximum absolute atomic E-state index is 12.3. The fraction of sp³-hybridized carbons (Fsp3) is 0.261. The third kappa shape index (κ3) is 3.66. The summed E-state index contributed by atoms with van der Waals surface area (Å²) in [6, 6.07) is 17.8. The number of hydrogen-bond acceptors (Lipinski definition) is 3. The molecule has 4 aromatic rings. The maximum Gasteiger partial charge on any atom is 0.223 e. The summed E-state index contributed by atoms with van der Waals surface area (Å²) in [5, 5.41) is 14.3. The van der Waals surface area contributed by atoms with Crippen LogP contribution in [-0.2, 0) is 0 Å². The SMILES string of the molecule is CCN(CC)CCOc1ccc2[nH]c(-c3cc4ccccc4[n+]([O-])c3)cc2c1. The molecule has 28 heavy (non-hydrogen) atoms. The molecule has 0 unspecified atom stereocenters. The Morgan fingerprint density at radius 1 is 1.00 bits per heavy atom. The van der Waals surface area contributed by atoms with E-state index in [9.17, 15) is 5.21 Å². The van der Waals surface area contributed by atoms with Crippen molar-refractivity contribution in [2.45, 2.75) is 13.8 Å². The van der Waals surface area contributed by atoms with Crippen LogP contribution in [0.1, 0.15) is 13.8 Å². The normalized spacial score (nSPS) is 11.5. The lowest BCUT2D eigenvalue weighted by Crippen LogP contribution is -2.27. The molecular weight excluding hydrogens is 350 g/mol. The van der Waals surface area contributed by atoms with Crippen molar-refractivity contribution in [1.82, 2.24) is 9.88 Å². The molecule has 1 N–H and O–H groups in total. The average Bonchev–Trinajstić information content (AvgIpc) is 3.15. The van der Waals surface area contributed by atoms with Crippen LogP contribution in [0, 0.1) is 5.21 Å². The number of hydrogen-bond donors (Lipinski definition) is 1. The van der Waals surface area contributed by atoms with Crippen LogP contribution in [0.2, 0.25) is 0 Å². The van der Waals surface area contributed by atoms with Crippen LogP contribution < -0.4 is 9.47 Å². The molecule has 0 saturated heterocycles. The van der Waals surface area contributed by atoms with Gasteiger partial charge in [0.1, 0.15) is 12.4 Å². The van der Waals surface area contributed by atoms with Crippen LogP contribution in [0.4, 0.5) is 0 Å². The molecule has 0 radical (unpaired) electrons. The summed E-state index contributed by atoms with van der Waals surface area (Å²) < 4.78 is 6.86. The van der Waals surface area contributed by atoms with Gasteiger partial charge in [-0.25, -0.2) is 0 Å². The minimum Gasteiger partial charge on any atom is -0.618 e. The minimum absolute atomic E-state index is 0.672. The van der Waals surface area contributed by atoms with Gasteiger partial charge in [0.15, 0.2) is 6.20 Å². The number of aromatic amines is 1. The van der Waals surface area contributed by atoms with E-state index in [4.69, 9.17) is 4.74 Å². The second kappa shape index (κ2) is 7.90. The van der Waals surface area contributed by atoms with Crippen molar-refractivity contribution in [1.29, 1.82) is 0 Å². The van der Waals surface area contributed by atoms with E-state index in [-0.39, 0.29) is 0 Å². The highest BCUT2D eigenvalue weighted by atomic mass is 16.5. The first-order chi connectivity index (χ1) is 13.7. The largest absolute Gasteiger partial charge is 0.618 e. The molecule has 0 bridgehead atoms. The average molecular weight is 375 g/mol. The highest BCUT2D eigenvalue weighted by Crippen LogP contribution is 2.28. The van der Waals surface area contributed by atoms with Gasteiger partial charge >= 0.3 is 0 Å². The Morgan fingerprint density at radius 2 is 1.82 bits per heavy atom. The van der Waals surface area contributed by atoms with Gasteiger partial charge in [-0.1, -0.05) is 26.0 Å². The lowest BCUT2D eigenvalue weighted by Gasteiger charge is -2.17. The molecule has 2 heterocycles. The molecule has 144 valence electrons. The summed E-state index contributed by atoms with van der Waals surface area (Å²) in [4.78, 5) is 5.75. The van der Waals surface area contributed by atoms with Gasteiger partial charge in [0.05, 0.1) is 11.3 Å². The summed E-state index contributed by atoms with van der Waals surface area (Å²) in [5.41, 5.74) is 3.49. The van der Waals surface area contributed by atoms with E-state index in [2.05, 4.69) is 29.8 Å². The van der Waals surface area contributed by atoms with Crippen LogP contribution in [0.15, 0.2) is 60.8 Å². The number of pyridine rings is 1. The summed E-state index contributed by atoms with van der Waals surface area (Å²) in [5.74, 6) is 0.864. The zero-order valence-corrected chi connectivity index (χ0v) is 16.3. The molecule has 0 aliphatic carbocycles. The van der Waals surface area contributed by atoms with Crippen molar-refractivity contribution in [3.8, 4) is 17.0 Å². The Hall–Kier alpha value is -3.05. The van der Waals surface area contributed by atoms with Gasteiger partial charge in [0.2, 0.25) is 5.52 Å². The van der Waals surface area contributed by atoms with E-state index in [1.54, 1.807) is 6.20 Å². The standard InChI is InChI=1S/C23H25N3O2/c1-3-25(4-2)11-12-28-20-9-10-21-18(14-20)15-22(24-21)19-13-17-7-5-6-8-23(17)26(27)16-19/h5-10,13-16,24H,3-4,11-12H2,1-2H3. The summed E-state index contributed by atoms with van der Waals surface area (Å²) in [7, 11) is 0. The number of rotatable bonds is 7. The zero-order valence-electron chi connectivity index (χ0n) is 16.3. The predicted octanol–water partition coefficient (Wildman–Crippen LogP) is 4.34. The number of H-pyrrole nitrogens is 1. The molecule has 5 heteroatoms. The van der Waals surface area contributed by atoms with Crippen molar-refractivity contribution in [3.05, 3.63) is 66.0 Å². The second-order valence-electron chi connectivity index (χ2n) is 6.92. The first-order valence-electron chi connectivity index (χ1n) is 9.78. The fourth-order valence-electron chi connectivity index (χ4n) is 3.55. The molecule has 0 spiro atoms. The molecule has 0 fully saturated rings. The van der Waals surface area contributed by atoms with Gasteiger partial charge in [-0.15, -0.1) is 0 Å². The Kier molecular flexibility index (Phi) is 5.17. The van der Waals surface area contributed by atoms with Crippen molar-refractivity contribution < 1.29 is 9.47 Å². The molecular formula is C23H25N3O2. The number of nitrogens with zero attached hydrogens (tertiary/aromatic N) is 2. The van der Waals surface area contributed by atoms with Crippen LogP contribution in [0.25, 0.3) is 33.1 Å². The number of benzene rings is 2. The van der Waals surface area contributed by atoms with Gasteiger partial charge in [-0.3, -0.25) is 0 Å². The Morgan fingerprint density at radius 3 is 2.64 bits per heavy atom. The Labute approximate surface area is 164 Å². The number of aromatic nitrogens is 2. The van der Waals surface area contributed by atoms with Crippen LogP contribution in [0.5, 0.6) is 5.75 Å². The summed E-state index contributed by atoms with van der Waals surface area (Å²) in [6.07, 6.45) is 1.62. The zero-order chi connectivity index (χ0) is 19.5. The first-order valence-corrected chi connectivity index (χ1v) is 9.78. The highest BCUT2D eigenvalue weighted by molar-refractivity contribution is 5.88. The van der Waals surface area contributed by atoms with E-state index < -0.39 is 0 Å². The number of para-hydroxylation sites is 1. The number of ether oxygens (including phenoxy) is 1. The van der Waals surface area contributed by atoms with Gasteiger partial charge in [-0.2, -0.15) is 4.73 Å². The van der Waals surface area contributed by atoms with Gasteiger partial charge in [0, 0.05) is 28.9 Å². The van der Waals surface area contributed by atoms with Crippen molar-refractivity contribution in [3.63, 3.8) is 0 Å². The quantitative estimate of drug-likeness (QED) is 0.386. The topological polar surface area (TPSA) is 55.2 Å². The smallest absolute Gasteiger partial charge is 0.223 e. The fourth-order valence-corrected chi connectivity index (χ4v) is 3.55. The minimum atomic E-state index is 0.672. The van der Waals surface area contributed by atoms with Crippen molar-refractivity contribution in [2.75, 3.05) is 26.2 Å². The van der Waals surface area contributed by atoms with Gasteiger partial charge in [0.25, 0.3) is 0 Å². The molecule has 0 aliphatic rings. The molecule has 4 rings (SSSR count). The molecule has 0 atom stereocenters. The summed E-state index contributed by atoms with van der Waals surface area (Å²) in [6.45, 7) is 7.98. The molecule has 2 aromatic carbocycles. The van der Waals surface area contributed by atoms with E-state index in [0.717, 1.165) is 57.7 Å². The van der Waals surface area contributed by atoms with Crippen LogP contribution >= 0.6 is 0 Å². The lowest BCUT2D eigenvalue weighted by atomic mass is 10.1. The number of nitrogens with one attached hydrogen (secondary N) is 1. The maximum atomic E-state index is 12.3. The lowest BCUT2D eigenvalue weighted by molar-refractivity contribution is -0.576. The van der Waals surface area contributed by atoms with E-state index in [0.29, 0.717) is 12.1 Å². The van der Waals surface area contributed by atoms with Crippen LogP contribution in [-0.4, -0.2) is 36.1 Å². The number of fused-ring (bicyclic) bond motifs is 2. The van der Waals surface area contributed by atoms with Crippen molar-refractivity contribution >= 4 is 21.8 Å². The van der Waals surface area contributed by atoms with E-state index >= 15 is 0 Å². The predicted molar refractivity (Wildman–Crippen MR) is 113 cm³/mol. The van der Waals surface area contributed by atoms with Gasteiger partial charge < -0.3 is 19.8 Å². The summed E-state index contributed by atoms with van der Waals surface area (Å²) >= 11 is 0. The molecule has 0 saturated carbocycles. The van der Waals surface area contributed by atoms with Crippen LogP contribution in [0.3, 0.4) is 0 Å². The Balaban J connectivity index is 1.58. The van der Waals surface area contributed by atoms with Gasteiger partial charge in [-0.05, 0) is 49.5 Å². The second-order valence-corrected chi connectivity index (χ2v) is 6.92. The first kappa shape index (κ1) is 18.3. The van der Waals surface area contributed by atoms with Crippen molar-refractivity contribution in [2.24, 2.45) is 0 Å². The molecule has 0 aliphatic heterocycles. The Bertz CT molecular complexity index is 1100. The third-order valence-electron chi connectivity index (χ3n) is 5.22. The van der Waals surface area contributed by atoms with E-state index in [1.165, 1.54) is 0 Å². The number of likely N-dealkylation sites (N-methyl/N-ethyl adjacent to an activating group) is 1. The monoisotopic (exact) mass is 375 g/mol. The highest BCUT2D eigenvalue weighted by Gasteiger charge is 2.11. The van der Waals surface area contributed by atoms with E-state index in [1.807, 2.05) is 48.5 Å². The molecule has 2 aromatic heterocycles. The molecule has 0 amide bonds.